The maximum absolute atomic E-state index is 12.6. The van der Waals surface area contributed by atoms with Crippen molar-refractivity contribution in [2.24, 2.45) is 0 Å². The Bertz CT molecular complexity index is 746. The minimum absolute atomic E-state index is 0.171. The van der Waals surface area contributed by atoms with Gasteiger partial charge >= 0.3 is 0 Å². The molecular formula is C18H24N4O2S. The Morgan fingerprint density at radius 2 is 2.12 bits per heavy atom. The zero-order valence-corrected chi connectivity index (χ0v) is 15.8. The largest absolute Gasteiger partial charge is 0.495 e. The fourth-order valence-corrected chi connectivity index (χ4v) is 4.08. The average Bonchev–Trinajstić information content (AvgIpc) is 3.00. The fraction of sp³-hybridized carbons (Fsp3) is 0.500. The molecule has 0 unspecified atom stereocenters. The Balaban J connectivity index is 1.77. The van der Waals surface area contributed by atoms with E-state index in [-0.39, 0.29) is 5.91 Å². The number of carbonyl (C=O) groups excluding carboxylic acids is 1. The highest BCUT2D eigenvalue weighted by Crippen LogP contribution is 2.28. The molecule has 0 saturated carbocycles. The predicted molar refractivity (Wildman–Crippen MR) is 98.4 cm³/mol. The molecule has 1 aromatic carbocycles. The average molecular weight is 360 g/mol. The summed E-state index contributed by atoms with van der Waals surface area (Å²) < 4.78 is 7.39. The van der Waals surface area contributed by atoms with E-state index < -0.39 is 0 Å². The number of aryl methyl sites for hydroxylation is 1. The first kappa shape index (κ1) is 17.8. The second-order valence-corrected chi connectivity index (χ2v) is 7.20. The summed E-state index contributed by atoms with van der Waals surface area (Å²) in [5.74, 6) is 2.07. The van der Waals surface area contributed by atoms with Crippen molar-refractivity contribution in [3.8, 4) is 11.4 Å². The molecule has 1 aliphatic rings. The molecule has 25 heavy (non-hydrogen) atoms. The minimum atomic E-state index is 0.171. The highest BCUT2D eigenvalue weighted by atomic mass is 32.2. The third kappa shape index (κ3) is 3.81. The Morgan fingerprint density at radius 3 is 2.88 bits per heavy atom. The first-order valence-corrected chi connectivity index (χ1v) is 9.58. The number of methoxy groups -OCH3 is 1. The number of piperidine rings is 1. The molecule has 134 valence electrons. The lowest BCUT2D eigenvalue weighted by molar-refractivity contribution is -0.131. The summed E-state index contributed by atoms with van der Waals surface area (Å²) >= 11 is 1.43. The Labute approximate surface area is 152 Å². The molecule has 1 saturated heterocycles. The zero-order chi connectivity index (χ0) is 17.8. The number of nitrogens with zero attached hydrogens (tertiary/aromatic N) is 4. The molecule has 3 rings (SSSR count). The van der Waals surface area contributed by atoms with Gasteiger partial charge in [-0.1, -0.05) is 23.9 Å². The van der Waals surface area contributed by atoms with Gasteiger partial charge in [0.05, 0.1) is 18.6 Å². The summed E-state index contributed by atoms with van der Waals surface area (Å²) in [6.07, 6.45) is 3.39. The Hall–Kier alpha value is -2.02. The molecule has 0 bridgehead atoms. The van der Waals surface area contributed by atoms with Crippen molar-refractivity contribution < 1.29 is 9.53 Å². The van der Waals surface area contributed by atoms with Crippen LogP contribution in [0.5, 0.6) is 5.75 Å². The van der Waals surface area contributed by atoms with E-state index >= 15 is 0 Å². The van der Waals surface area contributed by atoms with E-state index in [2.05, 4.69) is 17.1 Å². The Kier molecular flexibility index (Phi) is 5.63. The van der Waals surface area contributed by atoms with Crippen LogP contribution < -0.4 is 4.74 Å². The number of para-hydroxylation sites is 2. The van der Waals surface area contributed by atoms with Gasteiger partial charge in [-0.15, -0.1) is 10.2 Å². The van der Waals surface area contributed by atoms with Crippen LogP contribution in [-0.4, -0.2) is 51.0 Å². The molecule has 0 spiro atoms. The quantitative estimate of drug-likeness (QED) is 0.767. The fourth-order valence-electron chi connectivity index (χ4n) is 3.21. The maximum atomic E-state index is 12.6. The van der Waals surface area contributed by atoms with Crippen LogP contribution in [0.3, 0.4) is 0 Å². The van der Waals surface area contributed by atoms with E-state index in [1.807, 2.05) is 40.7 Å². The smallest absolute Gasteiger partial charge is 0.233 e. The standard InChI is InChI=1S/C18H24N4O2S/c1-13-8-6-7-11-21(13)17(23)12-25-18-20-19-14(2)22(18)15-9-4-5-10-16(15)24-3/h4-5,9-10,13H,6-8,11-12H2,1-3H3/t13-/m1/s1. The molecule has 0 radical (unpaired) electrons. The van der Waals surface area contributed by atoms with Crippen LogP contribution in [-0.2, 0) is 4.79 Å². The van der Waals surface area contributed by atoms with Crippen LogP contribution in [0.25, 0.3) is 5.69 Å². The summed E-state index contributed by atoms with van der Waals surface area (Å²) in [4.78, 5) is 14.6. The lowest BCUT2D eigenvalue weighted by atomic mass is 10.0. The summed E-state index contributed by atoms with van der Waals surface area (Å²) in [6, 6.07) is 8.08. The van der Waals surface area contributed by atoms with Crippen molar-refractivity contribution in [3.63, 3.8) is 0 Å². The van der Waals surface area contributed by atoms with Gasteiger partial charge in [0.15, 0.2) is 5.16 Å². The van der Waals surface area contributed by atoms with Gasteiger partial charge in [0.1, 0.15) is 11.6 Å². The first-order chi connectivity index (χ1) is 12.1. The van der Waals surface area contributed by atoms with E-state index in [9.17, 15) is 4.79 Å². The topological polar surface area (TPSA) is 60.2 Å². The molecule has 1 fully saturated rings. The molecule has 1 aromatic heterocycles. The molecule has 0 aliphatic carbocycles. The van der Waals surface area contributed by atoms with Crippen LogP contribution in [0.15, 0.2) is 29.4 Å². The normalized spacial score (nSPS) is 17.6. The summed E-state index contributed by atoms with van der Waals surface area (Å²) in [5.41, 5.74) is 0.883. The SMILES string of the molecule is COc1ccccc1-n1c(C)nnc1SCC(=O)N1CCCC[C@H]1C. The van der Waals surface area contributed by atoms with Gasteiger partial charge in [-0.25, -0.2) is 0 Å². The van der Waals surface area contributed by atoms with Crippen molar-refractivity contribution in [2.75, 3.05) is 19.4 Å². The molecule has 2 aromatic rings. The number of benzene rings is 1. The van der Waals surface area contributed by atoms with E-state index in [4.69, 9.17) is 4.74 Å². The first-order valence-electron chi connectivity index (χ1n) is 8.59. The number of aromatic nitrogens is 3. The third-order valence-corrected chi connectivity index (χ3v) is 5.48. The van der Waals surface area contributed by atoms with Gasteiger partial charge in [-0.3, -0.25) is 9.36 Å². The number of likely N-dealkylation sites (tertiary alicyclic amines) is 1. The van der Waals surface area contributed by atoms with E-state index in [1.165, 1.54) is 18.2 Å². The van der Waals surface area contributed by atoms with Crippen molar-refractivity contribution >= 4 is 17.7 Å². The van der Waals surface area contributed by atoms with Gasteiger partial charge in [0.2, 0.25) is 5.91 Å². The highest BCUT2D eigenvalue weighted by Gasteiger charge is 2.24. The minimum Gasteiger partial charge on any atom is -0.495 e. The molecule has 2 heterocycles. The van der Waals surface area contributed by atoms with Gasteiger partial charge in [0.25, 0.3) is 0 Å². The lowest BCUT2D eigenvalue weighted by Gasteiger charge is -2.33. The van der Waals surface area contributed by atoms with Crippen molar-refractivity contribution in [1.82, 2.24) is 19.7 Å². The van der Waals surface area contributed by atoms with Crippen LogP contribution in [0.2, 0.25) is 0 Å². The second kappa shape index (κ2) is 7.91. The van der Waals surface area contributed by atoms with Crippen LogP contribution in [0.1, 0.15) is 32.0 Å². The molecular weight excluding hydrogens is 336 g/mol. The molecule has 1 aliphatic heterocycles. The van der Waals surface area contributed by atoms with E-state index in [0.29, 0.717) is 17.0 Å². The van der Waals surface area contributed by atoms with Crippen LogP contribution >= 0.6 is 11.8 Å². The summed E-state index contributed by atoms with van der Waals surface area (Å²) in [7, 11) is 1.65. The van der Waals surface area contributed by atoms with E-state index in [1.54, 1.807) is 7.11 Å². The van der Waals surface area contributed by atoms with Gasteiger partial charge in [-0.2, -0.15) is 0 Å². The summed E-state index contributed by atoms with van der Waals surface area (Å²) in [6.45, 7) is 4.89. The van der Waals surface area contributed by atoms with Crippen LogP contribution in [0.4, 0.5) is 0 Å². The number of hydrogen-bond donors (Lipinski definition) is 0. The van der Waals surface area contributed by atoms with E-state index in [0.717, 1.165) is 36.6 Å². The number of carbonyl (C=O) groups is 1. The summed E-state index contributed by atoms with van der Waals surface area (Å²) in [5, 5.41) is 9.15. The van der Waals surface area contributed by atoms with Crippen molar-refractivity contribution in [1.29, 1.82) is 0 Å². The number of thioether (sulfide) groups is 1. The van der Waals surface area contributed by atoms with Crippen LogP contribution in [0, 0.1) is 6.92 Å². The molecule has 6 nitrogen and oxygen atoms in total. The zero-order valence-electron chi connectivity index (χ0n) is 14.9. The highest BCUT2D eigenvalue weighted by molar-refractivity contribution is 7.99. The number of hydrogen-bond acceptors (Lipinski definition) is 5. The molecule has 0 N–H and O–H groups in total. The number of rotatable bonds is 5. The lowest BCUT2D eigenvalue weighted by Crippen LogP contribution is -2.42. The molecule has 1 amide bonds. The third-order valence-electron chi connectivity index (χ3n) is 4.57. The van der Waals surface area contributed by atoms with Gasteiger partial charge in [0, 0.05) is 12.6 Å². The maximum Gasteiger partial charge on any atom is 0.233 e. The second-order valence-electron chi connectivity index (χ2n) is 6.26. The van der Waals surface area contributed by atoms with Crippen molar-refractivity contribution in [2.45, 2.75) is 44.3 Å². The van der Waals surface area contributed by atoms with Gasteiger partial charge < -0.3 is 9.64 Å². The monoisotopic (exact) mass is 360 g/mol. The number of ether oxygens (including phenoxy) is 1. The number of amides is 1. The molecule has 7 heteroatoms. The van der Waals surface area contributed by atoms with Crippen molar-refractivity contribution in [3.05, 3.63) is 30.1 Å². The molecule has 1 atom stereocenters. The predicted octanol–water partition coefficient (Wildman–Crippen LogP) is 3.08. The van der Waals surface area contributed by atoms with Gasteiger partial charge in [-0.05, 0) is 45.2 Å². The Morgan fingerprint density at radius 1 is 1.32 bits per heavy atom.